The van der Waals surface area contributed by atoms with Crippen LogP contribution in [0.2, 0.25) is 0 Å². The van der Waals surface area contributed by atoms with E-state index in [2.05, 4.69) is 5.32 Å². The van der Waals surface area contributed by atoms with Crippen LogP contribution < -0.4 is 10.1 Å². The van der Waals surface area contributed by atoms with E-state index in [9.17, 15) is 10.1 Å². The van der Waals surface area contributed by atoms with Gasteiger partial charge in [-0.15, -0.1) is 0 Å². The Balaban J connectivity index is 2.14. The summed E-state index contributed by atoms with van der Waals surface area (Å²) in [6.45, 7) is 4.64. The lowest BCUT2D eigenvalue weighted by Gasteiger charge is -2.12. The minimum atomic E-state index is -0.414. The molecule has 1 aliphatic carbocycles. The first-order chi connectivity index (χ1) is 8.56. The Kier molecular flexibility index (Phi) is 3.69. The van der Waals surface area contributed by atoms with Crippen LogP contribution in [0.15, 0.2) is 18.2 Å². The molecule has 0 amide bonds. The largest absolute Gasteiger partial charge is 0.484 e. The molecular formula is C13H18N2O3. The van der Waals surface area contributed by atoms with Crippen LogP contribution in [0.3, 0.4) is 0 Å². The van der Waals surface area contributed by atoms with Crippen LogP contribution in [0.5, 0.6) is 5.75 Å². The molecule has 0 bridgehead atoms. The number of hydrogen-bond donors (Lipinski definition) is 1. The minimum absolute atomic E-state index is 0.0145. The lowest BCUT2D eigenvalue weighted by molar-refractivity contribution is -0.386. The van der Waals surface area contributed by atoms with E-state index in [1.165, 1.54) is 18.9 Å². The SMILES string of the molecule is CC(C)Oc1cc(NCC2CC2)ccc1[N+](=O)[O-]. The zero-order valence-electron chi connectivity index (χ0n) is 10.7. The van der Waals surface area contributed by atoms with Gasteiger partial charge in [0.25, 0.3) is 0 Å². The van der Waals surface area contributed by atoms with E-state index in [4.69, 9.17) is 4.74 Å². The first-order valence-electron chi connectivity index (χ1n) is 6.25. The Morgan fingerprint density at radius 3 is 2.78 bits per heavy atom. The van der Waals surface area contributed by atoms with Crippen LogP contribution in [-0.2, 0) is 0 Å². The molecule has 0 unspecified atom stereocenters. The molecule has 5 nitrogen and oxygen atoms in total. The number of ether oxygens (including phenoxy) is 1. The molecule has 1 aromatic carbocycles. The van der Waals surface area contributed by atoms with Crippen molar-refractivity contribution in [1.82, 2.24) is 0 Å². The van der Waals surface area contributed by atoms with E-state index in [-0.39, 0.29) is 11.8 Å². The van der Waals surface area contributed by atoms with Gasteiger partial charge in [0, 0.05) is 24.4 Å². The van der Waals surface area contributed by atoms with E-state index in [1.807, 2.05) is 13.8 Å². The van der Waals surface area contributed by atoms with E-state index < -0.39 is 4.92 Å². The highest BCUT2D eigenvalue weighted by atomic mass is 16.6. The quantitative estimate of drug-likeness (QED) is 0.622. The maximum atomic E-state index is 10.9. The molecule has 0 aromatic heterocycles. The molecule has 1 saturated carbocycles. The van der Waals surface area contributed by atoms with Gasteiger partial charge in [0.05, 0.1) is 11.0 Å². The zero-order chi connectivity index (χ0) is 13.1. The van der Waals surface area contributed by atoms with E-state index in [0.717, 1.165) is 18.2 Å². The number of nitro groups is 1. The highest BCUT2D eigenvalue weighted by Crippen LogP contribution is 2.33. The lowest BCUT2D eigenvalue weighted by atomic mass is 10.2. The normalized spacial score (nSPS) is 14.6. The molecule has 0 heterocycles. The summed E-state index contributed by atoms with van der Waals surface area (Å²) in [6, 6.07) is 4.93. The van der Waals surface area contributed by atoms with Gasteiger partial charge in [-0.3, -0.25) is 10.1 Å². The van der Waals surface area contributed by atoms with Gasteiger partial charge < -0.3 is 10.1 Å². The number of rotatable bonds is 6. The summed E-state index contributed by atoms with van der Waals surface area (Å²) in [6.07, 6.45) is 2.47. The second kappa shape index (κ2) is 5.25. The third-order valence-electron chi connectivity index (χ3n) is 2.81. The summed E-state index contributed by atoms with van der Waals surface area (Å²) in [7, 11) is 0. The van der Waals surface area contributed by atoms with Crippen LogP contribution >= 0.6 is 0 Å². The molecule has 1 N–H and O–H groups in total. The standard InChI is InChI=1S/C13H18N2O3/c1-9(2)18-13-7-11(14-8-10-3-4-10)5-6-12(13)15(16)17/h5-7,9-10,14H,3-4,8H2,1-2H3. The fraction of sp³-hybridized carbons (Fsp3) is 0.538. The second-order valence-electron chi connectivity index (χ2n) is 4.93. The average Bonchev–Trinajstić information content (AvgIpc) is 3.09. The van der Waals surface area contributed by atoms with Crippen LogP contribution in [0, 0.1) is 16.0 Å². The molecule has 0 spiro atoms. The Morgan fingerprint density at radius 2 is 2.22 bits per heavy atom. The van der Waals surface area contributed by atoms with Crippen molar-refractivity contribution in [2.45, 2.75) is 32.8 Å². The fourth-order valence-electron chi connectivity index (χ4n) is 1.71. The van der Waals surface area contributed by atoms with E-state index in [0.29, 0.717) is 5.75 Å². The first-order valence-corrected chi connectivity index (χ1v) is 6.25. The molecule has 0 aliphatic heterocycles. The van der Waals surface area contributed by atoms with Gasteiger partial charge >= 0.3 is 5.69 Å². The van der Waals surface area contributed by atoms with E-state index >= 15 is 0 Å². The fourth-order valence-corrected chi connectivity index (χ4v) is 1.71. The number of hydrogen-bond acceptors (Lipinski definition) is 4. The van der Waals surface area contributed by atoms with Crippen LogP contribution in [0.4, 0.5) is 11.4 Å². The average molecular weight is 250 g/mol. The third-order valence-corrected chi connectivity index (χ3v) is 2.81. The van der Waals surface area contributed by atoms with Crippen molar-refractivity contribution in [1.29, 1.82) is 0 Å². The summed E-state index contributed by atoms with van der Waals surface area (Å²) in [5, 5.41) is 14.2. The Labute approximate surface area is 106 Å². The highest BCUT2D eigenvalue weighted by molar-refractivity contribution is 5.58. The van der Waals surface area contributed by atoms with Crippen molar-refractivity contribution in [2.75, 3.05) is 11.9 Å². The van der Waals surface area contributed by atoms with E-state index in [1.54, 1.807) is 12.1 Å². The number of anilines is 1. The zero-order valence-corrected chi connectivity index (χ0v) is 10.7. The molecule has 18 heavy (non-hydrogen) atoms. The molecule has 1 aromatic rings. The predicted octanol–water partition coefficient (Wildman–Crippen LogP) is 3.20. The summed E-state index contributed by atoms with van der Waals surface area (Å²) in [5.41, 5.74) is 0.892. The van der Waals surface area contributed by atoms with Crippen molar-refractivity contribution in [3.05, 3.63) is 28.3 Å². The van der Waals surface area contributed by atoms with Gasteiger partial charge in [-0.1, -0.05) is 0 Å². The molecule has 0 radical (unpaired) electrons. The van der Waals surface area contributed by atoms with Crippen LogP contribution in [0.1, 0.15) is 26.7 Å². The highest BCUT2D eigenvalue weighted by Gasteiger charge is 2.21. The Bertz CT molecular complexity index is 442. The first kappa shape index (κ1) is 12.7. The molecule has 0 atom stereocenters. The Hall–Kier alpha value is -1.78. The smallest absolute Gasteiger partial charge is 0.311 e. The second-order valence-corrected chi connectivity index (χ2v) is 4.93. The van der Waals surface area contributed by atoms with Crippen LogP contribution in [0.25, 0.3) is 0 Å². The van der Waals surface area contributed by atoms with Crippen molar-refractivity contribution in [3.63, 3.8) is 0 Å². The molecule has 1 aliphatic rings. The maximum absolute atomic E-state index is 10.9. The van der Waals surface area contributed by atoms with Gasteiger partial charge in [0.15, 0.2) is 5.75 Å². The van der Waals surface area contributed by atoms with Crippen molar-refractivity contribution < 1.29 is 9.66 Å². The Morgan fingerprint density at radius 1 is 1.50 bits per heavy atom. The number of benzene rings is 1. The lowest BCUT2D eigenvalue weighted by Crippen LogP contribution is -2.09. The minimum Gasteiger partial charge on any atom is -0.484 e. The third kappa shape index (κ3) is 3.35. The van der Waals surface area contributed by atoms with Gasteiger partial charge in [-0.2, -0.15) is 0 Å². The molecule has 98 valence electrons. The molecule has 0 saturated heterocycles. The summed E-state index contributed by atoms with van der Waals surface area (Å²) >= 11 is 0. The number of nitrogens with zero attached hydrogens (tertiary/aromatic N) is 1. The maximum Gasteiger partial charge on any atom is 0.311 e. The van der Waals surface area contributed by atoms with Gasteiger partial charge in [-0.05, 0) is 38.7 Å². The van der Waals surface area contributed by atoms with Crippen LogP contribution in [-0.4, -0.2) is 17.6 Å². The molecule has 5 heteroatoms. The van der Waals surface area contributed by atoms with Crippen molar-refractivity contribution in [2.24, 2.45) is 5.92 Å². The van der Waals surface area contributed by atoms with Gasteiger partial charge in [-0.25, -0.2) is 0 Å². The van der Waals surface area contributed by atoms with Gasteiger partial charge in [0.2, 0.25) is 0 Å². The molecule has 2 rings (SSSR count). The molecule has 1 fully saturated rings. The number of nitro benzene ring substituents is 1. The van der Waals surface area contributed by atoms with Gasteiger partial charge in [0.1, 0.15) is 0 Å². The monoisotopic (exact) mass is 250 g/mol. The predicted molar refractivity (Wildman–Crippen MR) is 70.1 cm³/mol. The van der Waals surface area contributed by atoms with Crippen molar-refractivity contribution >= 4 is 11.4 Å². The summed E-state index contributed by atoms with van der Waals surface area (Å²) < 4.78 is 5.49. The molecular weight excluding hydrogens is 232 g/mol. The summed E-state index contributed by atoms with van der Waals surface area (Å²) in [4.78, 5) is 10.5. The summed E-state index contributed by atoms with van der Waals surface area (Å²) in [5.74, 6) is 1.09. The number of nitrogens with one attached hydrogen (secondary N) is 1. The topological polar surface area (TPSA) is 64.4 Å². The van der Waals surface area contributed by atoms with Crippen molar-refractivity contribution in [3.8, 4) is 5.75 Å².